The molecule has 0 aliphatic rings. The number of rotatable bonds is 10. The predicted octanol–water partition coefficient (Wildman–Crippen LogP) is 2.32. The number of hydrogen-bond acceptors (Lipinski definition) is 4. The summed E-state index contributed by atoms with van der Waals surface area (Å²) < 4.78 is 23.2. The zero-order valence-electron chi connectivity index (χ0n) is 16.1. The van der Waals surface area contributed by atoms with E-state index in [0.29, 0.717) is 19.0 Å². The van der Waals surface area contributed by atoms with Gasteiger partial charge in [0.25, 0.3) is 0 Å². The summed E-state index contributed by atoms with van der Waals surface area (Å²) in [6.45, 7) is 8.64. The van der Waals surface area contributed by atoms with Crippen molar-refractivity contribution in [2.24, 2.45) is 4.99 Å². The molecule has 6 nitrogen and oxygen atoms in total. The van der Waals surface area contributed by atoms with Gasteiger partial charge < -0.3 is 10.6 Å². The van der Waals surface area contributed by atoms with Crippen LogP contribution in [-0.2, 0) is 9.84 Å². The van der Waals surface area contributed by atoms with E-state index in [0.717, 1.165) is 23.7 Å². The van der Waals surface area contributed by atoms with Gasteiger partial charge in [0.15, 0.2) is 15.8 Å². The third-order valence-electron chi connectivity index (χ3n) is 4.35. The maximum absolute atomic E-state index is 11.6. The molecule has 148 valence electrons. The van der Waals surface area contributed by atoms with Gasteiger partial charge >= 0.3 is 0 Å². The first-order valence-electron chi connectivity index (χ1n) is 9.01. The monoisotopic (exact) mass is 402 g/mol. The lowest BCUT2D eigenvalue weighted by atomic mass is 10.0. The third kappa shape index (κ3) is 7.13. The summed E-state index contributed by atoms with van der Waals surface area (Å²) in [5, 5.41) is 7.10. The van der Waals surface area contributed by atoms with Crippen LogP contribution in [0.1, 0.15) is 32.4 Å². The molecule has 0 aliphatic heterocycles. The second-order valence-corrected chi connectivity index (χ2v) is 8.75. The molecule has 0 spiro atoms. The van der Waals surface area contributed by atoms with Crippen molar-refractivity contribution in [1.29, 1.82) is 0 Å². The highest BCUT2D eigenvalue weighted by atomic mass is 35.5. The quantitative estimate of drug-likeness (QED) is 0.464. The first kappa shape index (κ1) is 22.7. The summed E-state index contributed by atoms with van der Waals surface area (Å²) in [5.41, 5.74) is 1.06. The number of likely N-dealkylation sites (N-methyl/N-ethyl adjacent to an activating group) is 1. The summed E-state index contributed by atoms with van der Waals surface area (Å²) in [7, 11) is -1.32. The Balaban J connectivity index is 2.77. The van der Waals surface area contributed by atoms with Gasteiger partial charge in [-0.15, -0.1) is 0 Å². The Kier molecular flexibility index (Phi) is 9.98. The SMILES string of the molecule is CCN(CC)C(CNC(=NC)NCCS(=O)(=O)CC)c1ccccc1Cl. The summed E-state index contributed by atoms with van der Waals surface area (Å²) >= 11 is 6.41. The van der Waals surface area contributed by atoms with Gasteiger partial charge in [-0.2, -0.15) is 0 Å². The van der Waals surface area contributed by atoms with Gasteiger partial charge in [-0.3, -0.25) is 9.89 Å². The van der Waals surface area contributed by atoms with Crippen LogP contribution in [0.15, 0.2) is 29.3 Å². The van der Waals surface area contributed by atoms with E-state index in [1.165, 1.54) is 0 Å². The van der Waals surface area contributed by atoms with Crippen molar-refractivity contribution in [1.82, 2.24) is 15.5 Å². The summed E-state index contributed by atoms with van der Waals surface area (Å²) in [5.74, 6) is 0.825. The Hall–Kier alpha value is -1.31. The molecule has 0 saturated heterocycles. The molecule has 0 aromatic heterocycles. The van der Waals surface area contributed by atoms with Crippen LogP contribution in [0.2, 0.25) is 5.02 Å². The fourth-order valence-corrected chi connectivity index (χ4v) is 3.69. The van der Waals surface area contributed by atoms with E-state index in [2.05, 4.69) is 34.4 Å². The Morgan fingerprint density at radius 3 is 2.38 bits per heavy atom. The van der Waals surface area contributed by atoms with Gasteiger partial charge in [-0.25, -0.2) is 8.42 Å². The van der Waals surface area contributed by atoms with Crippen LogP contribution in [0, 0.1) is 0 Å². The second kappa shape index (κ2) is 11.4. The second-order valence-electron chi connectivity index (χ2n) is 5.87. The van der Waals surface area contributed by atoms with Crippen molar-refractivity contribution >= 4 is 27.4 Å². The average Bonchev–Trinajstić information content (AvgIpc) is 2.64. The number of guanidine groups is 1. The first-order valence-corrected chi connectivity index (χ1v) is 11.2. The van der Waals surface area contributed by atoms with Gasteiger partial charge in [-0.1, -0.05) is 50.6 Å². The smallest absolute Gasteiger partial charge is 0.191 e. The lowest BCUT2D eigenvalue weighted by molar-refractivity contribution is 0.219. The highest BCUT2D eigenvalue weighted by molar-refractivity contribution is 7.91. The first-order chi connectivity index (χ1) is 12.4. The van der Waals surface area contributed by atoms with Crippen molar-refractivity contribution in [3.8, 4) is 0 Å². The Labute approximate surface area is 162 Å². The van der Waals surface area contributed by atoms with Crippen LogP contribution in [0.3, 0.4) is 0 Å². The molecule has 0 heterocycles. The molecule has 0 aliphatic carbocycles. The van der Waals surface area contributed by atoms with Crippen molar-refractivity contribution < 1.29 is 8.42 Å². The molecular weight excluding hydrogens is 372 g/mol. The van der Waals surface area contributed by atoms with E-state index in [1.54, 1.807) is 14.0 Å². The number of nitrogens with one attached hydrogen (secondary N) is 2. The third-order valence-corrected chi connectivity index (χ3v) is 6.40. The number of hydrogen-bond donors (Lipinski definition) is 2. The van der Waals surface area contributed by atoms with E-state index in [-0.39, 0.29) is 17.5 Å². The zero-order chi connectivity index (χ0) is 19.6. The highest BCUT2D eigenvalue weighted by Gasteiger charge is 2.20. The molecule has 1 atom stereocenters. The van der Waals surface area contributed by atoms with E-state index in [9.17, 15) is 8.42 Å². The van der Waals surface area contributed by atoms with Crippen LogP contribution < -0.4 is 10.6 Å². The van der Waals surface area contributed by atoms with Crippen molar-refractivity contribution in [2.75, 3.05) is 44.7 Å². The minimum absolute atomic E-state index is 0.0915. The maximum Gasteiger partial charge on any atom is 0.191 e. The van der Waals surface area contributed by atoms with Gasteiger partial charge in [0.2, 0.25) is 0 Å². The Bertz CT molecular complexity index is 676. The minimum Gasteiger partial charge on any atom is -0.355 e. The van der Waals surface area contributed by atoms with Crippen LogP contribution >= 0.6 is 11.6 Å². The number of nitrogens with zero attached hydrogens (tertiary/aromatic N) is 2. The average molecular weight is 403 g/mol. The molecule has 0 amide bonds. The maximum atomic E-state index is 11.6. The van der Waals surface area contributed by atoms with Crippen LogP contribution in [0.25, 0.3) is 0 Å². The summed E-state index contributed by atoms with van der Waals surface area (Å²) in [6.07, 6.45) is 0. The zero-order valence-corrected chi connectivity index (χ0v) is 17.7. The van der Waals surface area contributed by atoms with E-state index >= 15 is 0 Å². The fraction of sp³-hybridized carbons (Fsp3) is 0.611. The number of halogens is 1. The number of benzene rings is 1. The van der Waals surface area contributed by atoms with Gasteiger partial charge in [-0.05, 0) is 24.7 Å². The lowest BCUT2D eigenvalue weighted by Crippen LogP contribution is -2.44. The summed E-state index contributed by atoms with van der Waals surface area (Å²) in [4.78, 5) is 6.50. The highest BCUT2D eigenvalue weighted by Crippen LogP contribution is 2.26. The summed E-state index contributed by atoms with van der Waals surface area (Å²) in [6, 6.07) is 7.94. The number of sulfone groups is 1. The molecule has 8 heteroatoms. The minimum atomic E-state index is -3.00. The molecule has 0 fully saturated rings. The van der Waals surface area contributed by atoms with E-state index in [4.69, 9.17) is 11.6 Å². The predicted molar refractivity (Wildman–Crippen MR) is 111 cm³/mol. The van der Waals surface area contributed by atoms with Gasteiger partial charge in [0.05, 0.1) is 11.8 Å². The van der Waals surface area contributed by atoms with Crippen molar-refractivity contribution in [3.63, 3.8) is 0 Å². The topological polar surface area (TPSA) is 73.8 Å². The van der Waals surface area contributed by atoms with E-state index in [1.807, 2.05) is 24.3 Å². The van der Waals surface area contributed by atoms with Crippen LogP contribution in [0.4, 0.5) is 0 Å². The van der Waals surface area contributed by atoms with Crippen LogP contribution in [-0.4, -0.2) is 64.0 Å². The normalized spacial score (nSPS) is 13.7. The lowest BCUT2D eigenvalue weighted by Gasteiger charge is -2.31. The molecule has 2 N–H and O–H groups in total. The van der Waals surface area contributed by atoms with Gasteiger partial charge in [0.1, 0.15) is 0 Å². The largest absolute Gasteiger partial charge is 0.355 e. The Morgan fingerprint density at radius 2 is 1.85 bits per heavy atom. The fourth-order valence-electron chi connectivity index (χ4n) is 2.73. The molecule has 0 bridgehead atoms. The van der Waals surface area contributed by atoms with Crippen molar-refractivity contribution in [2.45, 2.75) is 26.8 Å². The molecule has 1 aromatic carbocycles. The molecule has 0 saturated carbocycles. The van der Waals surface area contributed by atoms with Crippen molar-refractivity contribution in [3.05, 3.63) is 34.9 Å². The molecular formula is C18H31ClN4O2S. The standard InChI is InChI=1S/C18H31ClN4O2S/c1-5-23(6-2)17(15-10-8-9-11-16(15)19)14-22-18(20-4)21-12-13-26(24,25)7-3/h8-11,17H,5-7,12-14H2,1-4H3,(H2,20,21,22). The molecule has 1 unspecified atom stereocenters. The van der Waals surface area contributed by atoms with Gasteiger partial charge in [0, 0.05) is 30.9 Å². The Morgan fingerprint density at radius 1 is 1.19 bits per heavy atom. The number of aliphatic imine (C=N–C) groups is 1. The van der Waals surface area contributed by atoms with E-state index < -0.39 is 9.84 Å². The molecule has 1 rings (SSSR count). The molecule has 1 aromatic rings. The molecule has 0 radical (unpaired) electrons. The molecule has 26 heavy (non-hydrogen) atoms. The van der Waals surface area contributed by atoms with Crippen LogP contribution in [0.5, 0.6) is 0 Å².